The normalized spacial score (nSPS) is 24.3. The topological polar surface area (TPSA) is 87.2 Å². The van der Waals surface area contributed by atoms with E-state index in [1.165, 1.54) is 16.4 Å². The summed E-state index contributed by atoms with van der Waals surface area (Å²) >= 11 is 0. The first-order chi connectivity index (χ1) is 8.87. The van der Waals surface area contributed by atoms with E-state index >= 15 is 0 Å². The van der Waals surface area contributed by atoms with Crippen LogP contribution >= 0.6 is 0 Å². The molecule has 1 fully saturated rings. The molecule has 2 unspecified atom stereocenters. The summed E-state index contributed by atoms with van der Waals surface area (Å²) in [6, 6.07) is 6.31. The van der Waals surface area contributed by atoms with Crippen LogP contribution in [0.4, 0.5) is 0 Å². The lowest BCUT2D eigenvalue weighted by atomic mass is 10.2. The quantitative estimate of drug-likeness (QED) is 0.874. The lowest BCUT2D eigenvalue weighted by Gasteiger charge is -2.23. The van der Waals surface area contributed by atoms with Crippen LogP contribution in [0.3, 0.4) is 0 Å². The zero-order valence-electron chi connectivity index (χ0n) is 11.0. The molecular formula is C13H17N3O2S. The summed E-state index contributed by atoms with van der Waals surface area (Å²) in [5.74, 6) is 0. The van der Waals surface area contributed by atoms with Gasteiger partial charge in [-0.2, -0.15) is 9.57 Å². The van der Waals surface area contributed by atoms with E-state index in [1.54, 1.807) is 13.0 Å². The van der Waals surface area contributed by atoms with Gasteiger partial charge >= 0.3 is 0 Å². The maximum absolute atomic E-state index is 12.6. The largest absolute Gasteiger partial charge is 0.326 e. The molecule has 0 bridgehead atoms. The Morgan fingerprint density at radius 1 is 1.47 bits per heavy atom. The molecule has 0 aliphatic carbocycles. The van der Waals surface area contributed by atoms with E-state index in [-0.39, 0.29) is 17.0 Å². The van der Waals surface area contributed by atoms with Gasteiger partial charge in [-0.05, 0) is 44.0 Å². The first-order valence-electron chi connectivity index (χ1n) is 6.16. The van der Waals surface area contributed by atoms with Crippen LogP contribution in [0.1, 0.15) is 24.5 Å². The van der Waals surface area contributed by atoms with Crippen LogP contribution in [0.15, 0.2) is 23.1 Å². The minimum atomic E-state index is -3.53. The fourth-order valence-electron chi connectivity index (χ4n) is 2.41. The predicted molar refractivity (Wildman–Crippen MR) is 71.8 cm³/mol. The van der Waals surface area contributed by atoms with Crippen molar-refractivity contribution in [1.29, 1.82) is 5.26 Å². The van der Waals surface area contributed by atoms with Gasteiger partial charge in [-0.25, -0.2) is 8.42 Å². The summed E-state index contributed by atoms with van der Waals surface area (Å²) in [6.07, 6.45) is 0.676. The Kier molecular flexibility index (Phi) is 3.63. The van der Waals surface area contributed by atoms with Gasteiger partial charge in [0.2, 0.25) is 10.0 Å². The Bertz CT molecular complexity index is 634. The second-order valence-corrected chi connectivity index (χ2v) is 6.76. The van der Waals surface area contributed by atoms with Crippen molar-refractivity contribution in [3.8, 4) is 6.07 Å². The van der Waals surface area contributed by atoms with Crippen LogP contribution < -0.4 is 5.73 Å². The molecule has 2 N–H and O–H groups in total. The van der Waals surface area contributed by atoms with Gasteiger partial charge in [-0.1, -0.05) is 0 Å². The Hall–Kier alpha value is -1.42. The molecule has 2 rings (SSSR count). The van der Waals surface area contributed by atoms with Gasteiger partial charge in [0.05, 0.1) is 16.5 Å². The van der Waals surface area contributed by atoms with E-state index in [9.17, 15) is 8.42 Å². The van der Waals surface area contributed by atoms with Gasteiger partial charge in [0.1, 0.15) is 0 Å². The molecule has 1 heterocycles. The summed E-state index contributed by atoms with van der Waals surface area (Å²) in [4.78, 5) is 0.257. The summed E-state index contributed by atoms with van der Waals surface area (Å²) in [5, 5.41) is 8.82. The molecule has 0 saturated carbocycles. The Morgan fingerprint density at radius 2 is 2.16 bits per heavy atom. The molecule has 2 atom stereocenters. The lowest BCUT2D eigenvalue weighted by molar-refractivity contribution is 0.393. The molecule has 0 radical (unpaired) electrons. The second kappa shape index (κ2) is 4.93. The van der Waals surface area contributed by atoms with Crippen molar-refractivity contribution in [1.82, 2.24) is 4.31 Å². The highest BCUT2D eigenvalue weighted by Gasteiger charge is 2.37. The molecule has 1 aromatic rings. The van der Waals surface area contributed by atoms with Crippen LogP contribution in [-0.2, 0) is 10.0 Å². The van der Waals surface area contributed by atoms with Crippen LogP contribution in [-0.4, -0.2) is 31.4 Å². The Labute approximate surface area is 113 Å². The van der Waals surface area contributed by atoms with E-state index in [1.807, 2.05) is 13.0 Å². The third-order valence-corrected chi connectivity index (χ3v) is 5.79. The molecule has 0 spiro atoms. The van der Waals surface area contributed by atoms with E-state index in [2.05, 4.69) is 0 Å². The molecule has 5 nitrogen and oxygen atoms in total. The number of benzene rings is 1. The van der Waals surface area contributed by atoms with Gasteiger partial charge in [0.25, 0.3) is 0 Å². The highest BCUT2D eigenvalue weighted by Crippen LogP contribution is 2.27. The van der Waals surface area contributed by atoms with Gasteiger partial charge in [0.15, 0.2) is 0 Å². The van der Waals surface area contributed by atoms with Crippen molar-refractivity contribution in [3.05, 3.63) is 29.3 Å². The van der Waals surface area contributed by atoms with Crippen LogP contribution in [0.5, 0.6) is 0 Å². The molecule has 0 aromatic heterocycles. The number of rotatable bonds is 2. The fraction of sp³-hybridized carbons (Fsp3) is 0.462. The van der Waals surface area contributed by atoms with Gasteiger partial charge in [-0.3, -0.25) is 0 Å². The SMILES string of the molecule is Cc1cc(C#N)ccc1S(=O)(=O)N1CCC(N)C1C. The zero-order valence-corrected chi connectivity index (χ0v) is 11.8. The number of aryl methyl sites for hydroxylation is 1. The molecule has 6 heteroatoms. The number of nitriles is 1. The van der Waals surface area contributed by atoms with Crippen LogP contribution in [0.2, 0.25) is 0 Å². The summed E-state index contributed by atoms with van der Waals surface area (Å²) in [5.41, 5.74) is 6.93. The van der Waals surface area contributed by atoms with Crippen molar-refractivity contribution < 1.29 is 8.42 Å². The third-order valence-electron chi connectivity index (χ3n) is 3.65. The lowest BCUT2D eigenvalue weighted by Crippen LogP contribution is -2.40. The van der Waals surface area contributed by atoms with Crippen molar-refractivity contribution in [2.45, 2.75) is 37.2 Å². The van der Waals surface area contributed by atoms with Gasteiger partial charge in [-0.15, -0.1) is 0 Å². The van der Waals surface area contributed by atoms with E-state index in [0.29, 0.717) is 24.1 Å². The second-order valence-electron chi connectivity index (χ2n) is 4.90. The first-order valence-corrected chi connectivity index (χ1v) is 7.60. The standard InChI is InChI=1S/C13H17N3O2S/c1-9-7-11(8-14)3-4-13(9)19(17,18)16-6-5-12(15)10(16)2/h3-4,7,10,12H,5-6,15H2,1-2H3. The molecule has 19 heavy (non-hydrogen) atoms. The summed E-state index contributed by atoms with van der Waals surface area (Å²) in [7, 11) is -3.53. The molecule has 0 amide bonds. The summed E-state index contributed by atoms with van der Waals surface area (Å²) in [6.45, 7) is 3.98. The van der Waals surface area contributed by atoms with Crippen molar-refractivity contribution in [2.24, 2.45) is 5.73 Å². The van der Waals surface area contributed by atoms with Gasteiger partial charge < -0.3 is 5.73 Å². The van der Waals surface area contributed by atoms with E-state index in [4.69, 9.17) is 11.0 Å². The highest BCUT2D eigenvalue weighted by atomic mass is 32.2. The average Bonchev–Trinajstić information content (AvgIpc) is 2.70. The van der Waals surface area contributed by atoms with Crippen molar-refractivity contribution >= 4 is 10.0 Å². The predicted octanol–water partition coefficient (Wildman–Crippen LogP) is 0.977. The molecule has 102 valence electrons. The smallest absolute Gasteiger partial charge is 0.243 e. The molecule has 1 aromatic carbocycles. The number of hydrogen-bond donors (Lipinski definition) is 1. The minimum Gasteiger partial charge on any atom is -0.326 e. The molecular weight excluding hydrogens is 262 g/mol. The number of sulfonamides is 1. The third kappa shape index (κ3) is 2.37. The molecule has 1 aliphatic heterocycles. The van der Waals surface area contributed by atoms with Crippen LogP contribution in [0, 0.1) is 18.3 Å². The van der Waals surface area contributed by atoms with Gasteiger partial charge in [0, 0.05) is 18.6 Å². The van der Waals surface area contributed by atoms with E-state index in [0.717, 1.165) is 0 Å². The van der Waals surface area contributed by atoms with Crippen molar-refractivity contribution in [2.75, 3.05) is 6.54 Å². The Morgan fingerprint density at radius 3 is 2.63 bits per heavy atom. The average molecular weight is 279 g/mol. The molecule has 1 saturated heterocycles. The van der Waals surface area contributed by atoms with Crippen LogP contribution in [0.25, 0.3) is 0 Å². The first kappa shape index (κ1) is 14.0. The number of nitrogens with zero attached hydrogens (tertiary/aromatic N) is 2. The van der Waals surface area contributed by atoms with Crippen molar-refractivity contribution in [3.63, 3.8) is 0 Å². The maximum Gasteiger partial charge on any atom is 0.243 e. The minimum absolute atomic E-state index is 0.117. The Balaban J connectivity index is 2.44. The fourth-order valence-corrected chi connectivity index (χ4v) is 4.31. The molecule has 1 aliphatic rings. The number of hydrogen-bond acceptors (Lipinski definition) is 4. The maximum atomic E-state index is 12.6. The zero-order chi connectivity index (χ0) is 14.2. The van der Waals surface area contributed by atoms with E-state index < -0.39 is 10.0 Å². The number of nitrogens with two attached hydrogens (primary N) is 1. The highest BCUT2D eigenvalue weighted by molar-refractivity contribution is 7.89. The summed E-state index contributed by atoms with van der Waals surface area (Å²) < 4.78 is 26.6. The monoisotopic (exact) mass is 279 g/mol.